The highest BCUT2D eigenvalue weighted by molar-refractivity contribution is 5.92. The molecule has 1 heterocycles. The van der Waals surface area contributed by atoms with E-state index < -0.39 is 24.1 Å². The first kappa shape index (κ1) is 17.4. The van der Waals surface area contributed by atoms with E-state index in [1.807, 2.05) is 13.8 Å². The minimum atomic E-state index is -0.988. The van der Waals surface area contributed by atoms with Crippen LogP contribution < -0.4 is 10.6 Å². The van der Waals surface area contributed by atoms with Gasteiger partial charge in [-0.25, -0.2) is 4.79 Å². The molecule has 0 aromatic rings. The maximum atomic E-state index is 12.6. The van der Waals surface area contributed by atoms with Gasteiger partial charge in [0.25, 0.3) is 0 Å². The fraction of sp³-hybridized carbons (Fsp3) is 0.786. The Labute approximate surface area is 125 Å². The summed E-state index contributed by atoms with van der Waals surface area (Å²) in [5, 5.41) is 14.7. The lowest BCUT2D eigenvalue weighted by Gasteiger charge is -2.30. The number of rotatable bonds is 6. The number of carbonyl (C=O) groups excluding carboxylic acids is 2. The minimum absolute atomic E-state index is 0.111. The first-order valence-corrected chi connectivity index (χ1v) is 7.30. The van der Waals surface area contributed by atoms with E-state index in [0.717, 1.165) is 0 Å². The first-order chi connectivity index (χ1) is 9.79. The standard InChI is InChI=1S/C14H25N3O4/c1-8(2)11(16-12(18)9(3)15-4)13(19)17-7-5-6-10(17)14(20)21/h8-11,15H,5-7H2,1-4H3,(H,16,18)(H,20,21). The van der Waals surface area contributed by atoms with E-state index in [9.17, 15) is 14.4 Å². The van der Waals surface area contributed by atoms with E-state index in [2.05, 4.69) is 10.6 Å². The van der Waals surface area contributed by atoms with Crippen LogP contribution in [-0.4, -0.2) is 59.5 Å². The summed E-state index contributed by atoms with van der Waals surface area (Å²) in [6.45, 7) is 5.79. The van der Waals surface area contributed by atoms with Crippen molar-refractivity contribution in [3.8, 4) is 0 Å². The molecular weight excluding hydrogens is 274 g/mol. The molecule has 1 rings (SSSR count). The summed E-state index contributed by atoms with van der Waals surface area (Å²) >= 11 is 0. The fourth-order valence-electron chi connectivity index (χ4n) is 2.39. The number of nitrogens with zero attached hydrogens (tertiary/aromatic N) is 1. The smallest absolute Gasteiger partial charge is 0.326 e. The zero-order valence-electron chi connectivity index (χ0n) is 13.0. The SMILES string of the molecule is CNC(C)C(=O)NC(C(=O)N1CCCC1C(=O)O)C(C)C. The number of aliphatic carboxylic acids is 1. The van der Waals surface area contributed by atoms with Gasteiger partial charge in [-0.3, -0.25) is 9.59 Å². The highest BCUT2D eigenvalue weighted by atomic mass is 16.4. The van der Waals surface area contributed by atoms with Crippen LogP contribution in [0.2, 0.25) is 0 Å². The summed E-state index contributed by atoms with van der Waals surface area (Å²) in [6, 6.07) is -1.89. The molecule has 1 fully saturated rings. The van der Waals surface area contributed by atoms with E-state index in [0.29, 0.717) is 19.4 Å². The normalized spacial score (nSPS) is 21.2. The molecule has 3 atom stereocenters. The molecule has 2 amide bonds. The Morgan fingerprint density at radius 3 is 2.33 bits per heavy atom. The minimum Gasteiger partial charge on any atom is -0.480 e. The van der Waals surface area contributed by atoms with Crippen LogP contribution in [0.5, 0.6) is 0 Å². The van der Waals surface area contributed by atoms with Gasteiger partial charge >= 0.3 is 5.97 Å². The Hall–Kier alpha value is -1.63. The van der Waals surface area contributed by atoms with E-state index >= 15 is 0 Å². The van der Waals surface area contributed by atoms with Crippen LogP contribution in [0, 0.1) is 5.92 Å². The van der Waals surface area contributed by atoms with Crippen molar-refractivity contribution >= 4 is 17.8 Å². The molecular formula is C14H25N3O4. The van der Waals surface area contributed by atoms with Crippen molar-refractivity contribution in [2.24, 2.45) is 5.92 Å². The third-order valence-corrected chi connectivity index (χ3v) is 3.88. The van der Waals surface area contributed by atoms with Gasteiger partial charge in [0.1, 0.15) is 12.1 Å². The molecule has 3 N–H and O–H groups in total. The number of hydrogen-bond donors (Lipinski definition) is 3. The van der Waals surface area contributed by atoms with Gasteiger partial charge in [0, 0.05) is 6.54 Å². The largest absolute Gasteiger partial charge is 0.480 e. The van der Waals surface area contributed by atoms with Crippen LogP contribution >= 0.6 is 0 Å². The molecule has 1 aliphatic heterocycles. The second-order valence-corrected chi connectivity index (χ2v) is 5.77. The van der Waals surface area contributed by atoms with Crippen molar-refractivity contribution in [2.75, 3.05) is 13.6 Å². The predicted molar refractivity (Wildman–Crippen MR) is 77.7 cm³/mol. The molecule has 7 nitrogen and oxygen atoms in total. The highest BCUT2D eigenvalue weighted by Gasteiger charge is 2.38. The maximum absolute atomic E-state index is 12.6. The third-order valence-electron chi connectivity index (χ3n) is 3.88. The summed E-state index contributed by atoms with van der Waals surface area (Å²) in [6.07, 6.45) is 1.14. The monoisotopic (exact) mass is 299 g/mol. The average molecular weight is 299 g/mol. The molecule has 21 heavy (non-hydrogen) atoms. The summed E-state index contributed by atoms with van der Waals surface area (Å²) in [5.41, 5.74) is 0. The molecule has 0 aromatic carbocycles. The molecule has 0 aromatic heterocycles. The average Bonchev–Trinajstić information content (AvgIpc) is 2.91. The number of likely N-dealkylation sites (N-methyl/N-ethyl adjacent to an activating group) is 1. The third kappa shape index (κ3) is 4.17. The van der Waals surface area contributed by atoms with Gasteiger partial charge in [-0.05, 0) is 32.7 Å². The van der Waals surface area contributed by atoms with Crippen LogP contribution in [0.1, 0.15) is 33.6 Å². The lowest BCUT2D eigenvalue weighted by molar-refractivity contribution is -0.150. The molecule has 1 aliphatic rings. The maximum Gasteiger partial charge on any atom is 0.326 e. The molecule has 0 spiro atoms. The zero-order chi connectivity index (χ0) is 16.2. The van der Waals surface area contributed by atoms with Gasteiger partial charge in [-0.2, -0.15) is 0 Å². The van der Waals surface area contributed by atoms with Crippen LogP contribution in [0.4, 0.5) is 0 Å². The number of carboxylic acid groups (broad SMARTS) is 1. The quantitative estimate of drug-likeness (QED) is 0.631. The van der Waals surface area contributed by atoms with E-state index in [1.54, 1.807) is 14.0 Å². The van der Waals surface area contributed by atoms with Gasteiger partial charge in [-0.1, -0.05) is 13.8 Å². The predicted octanol–water partition coefficient (Wildman–Crippen LogP) is -0.189. The second kappa shape index (κ2) is 7.40. The summed E-state index contributed by atoms with van der Waals surface area (Å²) in [5.74, 6) is -1.68. The van der Waals surface area contributed by atoms with Crippen molar-refractivity contribution in [1.29, 1.82) is 0 Å². The molecule has 0 aliphatic carbocycles. The number of hydrogen-bond acceptors (Lipinski definition) is 4. The lowest BCUT2D eigenvalue weighted by atomic mass is 10.0. The van der Waals surface area contributed by atoms with Gasteiger partial charge in [0.2, 0.25) is 11.8 Å². The fourth-order valence-corrected chi connectivity index (χ4v) is 2.39. The van der Waals surface area contributed by atoms with Gasteiger partial charge < -0.3 is 20.6 Å². The Morgan fingerprint density at radius 2 is 1.86 bits per heavy atom. The topological polar surface area (TPSA) is 98.7 Å². The molecule has 0 radical (unpaired) electrons. The first-order valence-electron chi connectivity index (χ1n) is 7.30. The lowest BCUT2D eigenvalue weighted by Crippen LogP contribution is -2.56. The van der Waals surface area contributed by atoms with Crippen LogP contribution in [0.3, 0.4) is 0 Å². The Kier molecular flexibility index (Phi) is 6.14. The Bertz CT molecular complexity index is 411. The van der Waals surface area contributed by atoms with Crippen LogP contribution in [-0.2, 0) is 14.4 Å². The Morgan fingerprint density at radius 1 is 1.24 bits per heavy atom. The molecule has 3 unspecified atom stereocenters. The van der Waals surface area contributed by atoms with Crippen molar-refractivity contribution in [3.05, 3.63) is 0 Å². The number of nitrogens with one attached hydrogen (secondary N) is 2. The number of likely N-dealkylation sites (tertiary alicyclic amines) is 1. The number of amides is 2. The molecule has 120 valence electrons. The summed E-state index contributed by atoms with van der Waals surface area (Å²) in [4.78, 5) is 37.1. The molecule has 0 bridgehead atoms. The second-order valence-electron chi connectivity index (χ2n) is 5.77. The molecule has 0 saturated carbocycles. The van der Waals surface area contributed by atoms with Gasteiger partial charge in [0.05, 0.1) is 6.04 Å². The van der Waals surface area contributed by atoms with Crippen molar-refractivity contribution in [3.63, 3.8) is 0 Å². The Balaban J connectivity index is 2.83. The molecule has 1 saturated heterocycles. The van der Waals surface area contributed by atoms with E-state index in [1.165, 1.54) is 4.90 Å². The van der Waals surface area contributed by atoms with Crippen molar-refractivity contribution in [1.82, 2.24) is 15.5 Å². The van der Waals surface area contributed by atoms with Crippen LogP contribution in [0.15, 0.2) is 0 Å². The van der Waals surface area contributed by atoms with Crippen molar-refractivity contribution in [2.45, 2.75) is 51.7 Å². The van der Waals surface area contributed by atoms with Gasteiger partial charge in [-0.15, -0.1) is 0 Å². The number of carboxylic acids is 1. The zero-order valence-corrected chi connectivity index (χ0v) is 13.0. The van der Waals surface area contributed by atoms with Crippen LogP contribution in [0.25, 0.3) is 0 Å². The molecule has 7 heteroatoms. The van der Waals surface area contributed by atoms with E-state index in [-0.39, 0.29) is 17.7 Å². The summed E-state index contributed by atoms with van der Waals surface area (Å²) in [7, 11) is 1.66. The van der Waals surface area contributed by atoms with Crippen molar-refractivity contribution < 1.29 is 19.5 Å². The van der Waals surface area contributed by atoms with Gasteiger partial charge in [0.15, 0.2) is 0 Å². The summed E-state index contributed by atoms with van der Waals surface area (Å²) < 4.78 is 0. The highest BCUT2D eigenvalue weighted by Crippen LogP contribution is 2.20. The number of carbonyl (C=O) groups is 3. The van der Waals surface area contributed by atoms with E-state index in [4.69, 9.17) is 5.11 Å².